The van der Waals surface area contributed by atoms with Crippen LogP contribution < -0.4 is 0 Å². The van der Waals surface area contributed by atoms with E-state index in [1.165, 1.54) is 4.90 Å². The Kier molecular flexibility index (Phi) is 6.24. The van der Waals surface area contributed by atoms with E-state index in [1.54, 1.807) is 18.9 Å². The molecule has 0 N–H and O–H groups in total. The van der Waals surface area contributed by atoms with Gasteiger partial charge in [-0.2, -0.15) is 0 Å². The Morgan fingerprint density at radius 2 is 1.86 bits per heavy atom. The molecule has 1 aromatic carbocycles. The number of ether oxygens (including phenoxy) is 1. The molecule has 0 bridgehead atoms. The fraction of sp³-hybridized carbons (Fsp3) is 0.529. The van der Waals surface area contributed by atoms with Crippen molar-refractivity contribution in [2.24, 2.45) is 5.92 Å². The van der Waals surface area contributed by atoms with Gasteiger partial charge in [0.1, 0.15) is 12.3 Å². The lowest BCUT2D eigenvalue weighted by Crippen LogP contribution is -2.06. The van der Waals surface area contributed by atoms with Gasteiger partial charge in [0.15, 0.2) is 0 Å². The molecule has 21 heavy (non-hydrogen) atoms. The van der Waals surface area contributed by atoms with Crippen LogP contribution in [0.1, 0.15) is 25.3 Å². The molecule has 1 aromatic rings. The van der Waals surface area contributed by atoms with E-state index >= 15 is 0 Å². The lowest BCUT2D eigenvalue weighted by atomic mass is 10.00. The topological polar surface area (TPSA) is 9.23 Å². The molecule has 2 rings (SSSR count). The van der Waals surface area contributed by atoms with E-state index in [-0.39, 0.29) is 5.92 Å². The summed E-state index contributed by atoms with van der Waals surface area (Å²) in [5, 5.41) is 0. The second-order valence-electron chi connectivity index (χ2n) is 5.48. The molecule has 4 heteroatoms. The first kappa shape index (κ1) is 16.5. The number of allylic oxidation sites excluding steroid dienone is 2. The maximum atomic E-state index is 13.2. The highest BCUT2D eigenvalue weighted by Crippen LogP contribution is 2.33. The number of hydrogen-bond donors (Lipinski definition) is 0. The fourth-order valence-electron chi connectivity index (χ4n) is 2.61. The van der Waals surface area contributed by atoms with E-state index in [4.69, 9.17) is 4.74 Å². The maximum Gasteiger partial charge on any atom is 0.132 e. The highest BCUT2D eigenvalue weighted by Gasteiger charge is 2.33. The quantitative estimate of drug-likeness (QED) is 0.545. The van der Waals surface area contributed by atoms with Gasteiger partial charge in [-0.1, -0.05) is 18.2 Å². The normalized spacial score (nSPS) is 26.3. The molecule has 0 amide bonds. The van der Waals surface area contributed by atoms with Crippen LogP contribution in [0.15, 0.2) is 35.2 Å². The van der Waals surface area contributed by atoms with Crippen molar-refractivity contribution in [1.29, 1.82) is 0 Å². The van der Waals surface area contributed by atoms with E-state index in [0.29, 0.717) is 12.8 Å². The van der Waals surface area contributed by atoms with Crippen molar-refractivity contribution in [3.63, 3.8) is 0 Å². The third kappa shape index (κ3) is 4.82. The van der Waals surface area contributed by atoms with Gasteiger partial charge >= 0.3 is 0 Å². The average molecular weight is 312 g/mol. The van der Waals surface area contributed by atoms with E-state index in [1.807, 2.05) is 13.0 Å². The summed E-state index contributed by atoms with van der Waals surface area (Å²) in [5.41, 5.74) is 2.21. The molecule has 0 saturated heterocycles. The lowest BCUT2D eigenvalue weighted by molar-refractivity contribution is 0.199. The second kappa shape index (κ2) is 7.95. The van der Waals surface area contributed by atoms with E-state index < -0.39 is 12.3 Å². The third-order valence-electron chi connectivity index (χ3n) is 3.80. The molecule has 0 heterocycles. The molecule has 0 aromatic heterocycles. The Labute approximate surface area is 129 Å². The summed E-state index contributed by atoms with van der Waals surface area (Å²) >= 11 is 1.76. The van der Waals surface area contributed by atoms with Gasteiger partial charge in [-0.05, 0) is 49.0 Å². The zero-order valence-electron chi connectivity index (χ0n) is 12.5. The Bertz CT molecular complexity index is 462. The number of halogens is 2. The number of methoxy groups -OCH3 is 1. The molecule has 0 spiro atoms. The summed E-state index contributed by atoms with van der Waals surface area (Å²) in [5.74, 6) is 0.952. The zero-order chi connectivity index (χ0) is 15.2. The van der Waals surface area contributed by atoms with Crippen molar-refractivity contribution < 1.29 is 13.5 Å². The summed E-state index contributed by atoms with van der Waals surface area (Å²) < 4.78 is 31.4. The molecule has 0 radical (unpaired) electrons. The van der Waals surface area contributed by atoms with Gasteiger partial charge in [0.2, 0.25) is 0 Å². The van der Waals surface area contributed by atoms with Crippen LogP contribution in [0.4, 0.5) is 8.78 Å². The molecule has 1 saturated carbocycles. The van der Waals surface area contributed by atoms with Crippen LogP contribution in [-0.2, 0) is 4.74 Å². The van der Waals surface area contributed by atoms with Gasteiger partial charge in [-0.25, -0.2) is 8.78 Å². The molecular weight excluding hydrogens is 290 g/mol. The van der Waals surface area contributed by atoms with Crippen molar-refractivity contribution in [3.05, 3.63) is 35.9 Å². The Morgan fingerprint density at radius 3 is 2.43 bits per heavy atom. The Balaban J connectivity index is 1.94. The Hall–Kier alpha value is -0.870. The lowest BCUT2D eigenvalue weighted by Gasteiger charge is -2.07. The first-order valence-electron chi connectivity index (χ1n) is 7.29. The average Bonchev–Trinajstić information content (AvgIpc) is 2.78. The minimum atomic E-state index is -1.29. The van der Waals surface area contributed by atoms with Gasteiger partial charge < -0.3 is 4.74 Å². The van der Waals surface area contributed by atoms with E-state index in [0.717, 1.165) is 23.5 Å². The first-order chi connectivity index (χ1) is 10.1. The molecule has 1 aliphatic carbocycles. The maximum absolute atomic E-state index is 13.2. The van der Waals surface area contributed by atoms with Crippen molar-refractivity contribution in [1.82, 2.24) is 0 Å². The summed E-state index contributed by atoms with van der Waals surface area (Å²) in [4.78, 5) is 1.21. The summed E-state index contributed by atoms with van der Waals surface area (Å²) in [6.07, 6.45) is 0.0452. The van der Waals surface area contributed by atoms with Crippen LogP contribution in [-0.4, -0.2) is 31.8 Å². The second-order valence-corrected chi connectivity index (χ2v) is 6.65. The van der Waals surface area contributed by atoms with Gasteiger partial charge in [0.25, 0.3) is 0 Å². The molecule has 1 fully saturated rings. The van der Waals surface area contributed by atoms with Gasteiger partial charge in [0.05, 0.1) is 6.61 Å². The van der Waals surface area contributed by atoms with E-state index in [9.17, 15) is 8.78 Å². The predicted molar refractivity (Wildman–Crippen MR) is 85.2 cm³/mol. The van der Waals surface area contributed by atoms with Crippen LogP contribution in [0.25, 0.3) is 5.57 Å². The molecule has 0 unspecified atom stereocenters. The molecular formula is C17H22F2OS. The standard InChI is InChI=1S/C17H22F2OS/c1-12(9-13-10-16(18)17(19)11-13)14-3-5-15(6-4-14)21-8-7-20-2/h3-6,9,13,16-17H,7-8,10-11H2,1-2H3/b12-9-/t13-,16+,17-. The SMILES string of the molecule is COCCSc1ccc(/C(C)=C\[C@H]2C[C@@H](F)[C@@H](F)C2)cc1. The van der Waals surface area contributed by atoms with Crippen molar-refractivity contribution in [2.75, 3.05) is 19.5 Å². The molecule has 0 aliphatic heterocycles. The monoisotopic (exact) mass is 312 g/mol. The Morgan fingerprint density at radius 1 is 1.24 bits per heavy atom. The smallest absolute Gasteiger partial charge is 0.132 e. The van der Waals surface area contributed by atoms with Crippen LogP contribution in [0.3, 0.4) is 0 Å². The number of benzene rings is 1. The number of rotatable bonds is 6. The molecule has 3 atom stereocenters. The molecule has 1 aliphatic rings. The van der Waals surface area contributed by atoms with Crippen molar-refractivity contribution in [3.8, 4) is 0 Å². The summed E-state index contributed by atoms with van der Waals surface area (Å²) in [6, 6.07) is 8.29. The number of alkyl halides is 2. The minimum Gasteiger partial charge on any atom is -0.384 e. The highest BCUT2D eigenvalue weighted by molar-refractivity contribution is 7.99. The van der Waals surface area contributed by atoms with Crippen LogP contribution in [0, 0.1) is 5.92 Å². The third-order valence-corrected chi connectivity index (χ3v) is 4.78. The molecule has 1 nitrogen and oxygen atoms in total. The van der Waals surface area contributed by atoms with Crippen molar-refractivity contribution in [2.45, 2.75) is 37.0 Å². The zero-order valence-corrected chi connectivity index (χ0v) is 13.3. The predicted octanol–water partition coefficient (Wildman–Crippen LogP) is 4.91. The van der Waals surface area contributed by atoms with Crippen molar-refractivity contribution >= 4 is 17.3 Å². The van der Waals surface area contributed by atoms with Gasteiger partial charge in [-0.3, -0.25) is 0 Å². The largest absolute Gasteiger partial charge is 0.384 e. The van der Waals surface area contributed by atoms with E-state index in [2.05, 4.69) is 24.3 Å². The molecule has 116 valence electrons. The van der Waals surface area contributed by atoms with Gasteiger partial charge in [0, 0.05) is 17.8 Å². The van der Waals surface area contributed by atoms with Gasteiger partial charge in [-0.15, -0.1) is 11.8 Å². The minimum absolute atomic E-state index is 0.0192. The number of thioether (sulfide) groups is 1. The van der Waals surface area contributed by atoms with Crippen LogP contribution in [0.2, 0.25) is 0 Å². The van der Waals surface area contributed by atoms with Crippen LogP contribution in [0.5, 0.6) is 0 Å². The highest BCUT2D eigenvalue weighted by atomic mass is 32.2. The number of hydrogen-bond acceptors (Lipinski definition) is 2. The summed E-state index contributed by atoms with van der Waals surface area (Å²) in [6.45, 7) is 2.74. The fourth-order valence-corrected chi connectivity index (χ4v) is 3.43. The first-order valence-corrected chi connectivity index (χ1v) is 8.27. The van der Waals surface area contributed by atoms with Crippen LogP contribution >= 0.6 is 11.8 Å². The summed E-state index contributed by atoms with van der Waals surface area (Å²) in [7, 11) is 1.70.